The summed E-state index contributed by atoms with van der Waals surface area (Å²) in [6.07, 6.45) is 6.42. The zero-order chi connectivity index (χ0) is 23.5. The van der Waals surface area contributed by atoms with Crippen molar-refractivity contribution in [3.05, 3.63) is 74.8 Å². The van der Waals surface area contributed by atoms with Crippen molar-refractivity contribution < 1.29 is 0 Å². The molecule has 4 rings (SSSR count). The normalized spacial score (nSPS) is 17.6. The highest BCUT2D eigenvalue weighted by molar-refractivity contribution is 6.30. The molecule has 2 aromatic carbocycles. The van der Waals surface area contributed by atoms with Crippen molar-refractivity contribution in [2.45, 2.75) is 59.0 Å². The minimum Gasteiger partial charge on any atom is -0.301 e. The molecule has 1 aliphatic rings. The number of benzene rings is 2. The average molecular weight is 464 g/mol. The minimum absolute atomic E-state index is 0.0760. The van der Waals surface area contributed by atoms with Crippen LogP contribution in [0.25, 0.3) is 23.1 Å². The van der Waals surface area contributed by atoms with Gasteiger partial charge in [0, 0.05) is 30.1 Å². The van der Waals surface area contributed by atoms with Crippen molar-refractivity contribution in [3.63, 3.8) is 0 Å². The van der Waals surface area contributed by atoms with Crippen molar-refractivity contribution in [2.75, 3.05) is 13.1 Å². The first-order valence-electron chi connectivity index (χ1n) is 12.0. The Morgan fingerprint density at radius 2 is 1.76 bits per heavy atom. The molecule has 4 nitrogen and oxygen atoms in total. The second-order valence-corrected chi connectivity index (χ2v) is 10.2. The Morgan fingerprint density at radius 3 is 2.45 bits per heavy atom. The van der Waals surface area contributed by atoms with Crippen LogP contribution in [0.1, 0.15) is 63.4 Å². The van der Waals surface area contributed by atoms with Gasteiger partial charge in [-0.15, -0.1) is 0 Å². The van der Waals surface area contributed by atoms with Crippen molar-refractivity contribution in [1.29, 1.82) is 0 Å². The van der Waals surface area contributed by atoms with Gasteiger partial charge in [0.1, 0.15) is 5.82 Å². The summed E-state index contributed by atoms with van der Waals surface area (Å²) >= 11 is 5.98. The van der Waals surface area contributed by atoms with Gasteiger partial charge in [-0.1, -0.05) is 55.8 Å². The highest BCUT2D eigenvalue weighted by atomic mass is 35.5. The van der Waals surface area contributed by atoms with E-state index in [2.05, 4.69) is 32.6 Å². The molecule has 1 aliphatic heterocycles. The monoisotopic (exact) mass is 463 g/mol. The van der Waals surface area contributed by atoms with E-state index in [1.807, 2.05) is 59.2 Å². The fourth-order valence-corrected chi connectivity index (χ4v) is 4.84. The summed E-state index contributed by atoms with van der Waals surface area (Å²) < 4.78 is 1.95. The van der Waals surface area contributed by atoms with Crippen molar-refractivity contribution >= 4 is 34.7 Å². The first-order valence-corrected chi connectivity index (χ1v) is 12.4. The van der Waals surface area contributed by atoms with E-state index in [1.165, 1.54) is 6.42 Å². The second-order valence-electron chi connectivity index (χ2n) is 9.80. The van der Waals surface area contributed by atoms with Gasteiger partial charge in [-0.2, -0.15) is 0 Å². The van der Waals surface area contributed by atoms with Crippen LogP contribution in [0.3, 0.4) is 0 Å². The molecule has 5 heteroatoms. The number of aromatic nitrogens is 2. The zero-order valence-corrected chi connectivity index (χ0v) is 20.8. The number of likely N-dealkylation sites (tertiary alicyclic amines) is 1. The fourth-order valence-electron chi connectivity index (χ4n) is 4.72. The van der Waals surface area contributed by atoms with Crippen LogP contribution >= 0.6 is 11.6 Å². The molecule has 1 saturated heterocycles. The molecule has 0 amide bonds. The predicted octanol–water partition coefficient (Wildman–Crippen LogP) is 6.46. The summed E-state index contributed by atoms with van der Waals surface area (Å²) in [5.41, 5.74) is 2.91. The van der Waals surface area contributed by atoms with Crippen LogP contribution in [-0.4, -0.2) is 33.6 Å². The first kappa shape index (κ1) is 23.7. The number of piperidine rings is 1. The van der Waals surface area contributed by atoms with E-state index >= 15 is 0 Å². The number of hydrogen-bond donors (Lipinski definition) is 0. The molecule has 33 heavy (non-hydrogen) atoms. The molecule has 1 atom stereocenters. The smallest absolute Gasteiger partial charge is 0.261 e. The van der Waals surface area contributed by atoms with Crippen LogP contribution < -0.4 is 5.56 Å². The maximum Gasteiger partial charge on any atom is 0.261 e. The molecule has 0 unspecified atom stereocenters. The van der Waals surface area contributed by atoms with Crippen LogP contribution in [0, 0.1) is 5.92 Å². The molecule has 0 radical (unpaired) electrons. The third-order valence-electron chi connectivity index (χ3n) is 6.58. The van der Waals surface area contributed by atoms with E-state index in [0.717, 1.165) is 53.5 Å². The lowest BCUT2D eigenvalue weighted by Crippen LogP contribution is -2.42. The molecule has 0 N–H and O–H groups in total. The largest absolute Gasteiger partial charge is 0.301 e. The lowest BCUT2D eigenvalue weighted by atomic mass is 9.96. The minimum atomic E-state index is 0.0760. The molecule has 1 fully saturated rings. The Morgan fingerprint density at radius 1 is 1.06 bits per heavy atom. The summed E-state index contributed by atoms with van der Waals surface area (Å²) in [7, 11) is 0. The fraction of sp³-hybridized carbons (Fsp3) is 0.429. The number of rotatable bonds is 6. The van der Waals surface area contributed by atoms with E-state index in [4.69, 9.17) is 16.6 Å². The van der Waals surface area contributed by atoms with Crippen LogP contribution in [0.4, 0.5) is 0 Å². The number of fused-ring (bicyclic) bond motifs is 1. The quantitative estimate of drug-likeness (QED) is 0.393. The van der Waals surface area contributed by atoms with E-state index < -0.39 is 0 Å². The SMILES string of the molecule is CC(C)c1nc2ccc(/C=C/c3ccc(Cl)cc3)cc2c(=O)n1C[C@H]1CCCN(C(C)C)C1. The Bertz CT molecular complexity index is 1190. The lowest BCUT2D eigenvalue weighted by Gasteiger charge is -2.36. The molecule has 1 aromatic heterocycles. The maximum atomic E-state index is 13.7. The molecular formula is C28H34ClN3O. The van der Waals surface area contributed by atoms with Gasteiger partial charge in [-0.25, -0.2) is 4.98 Å². The predicted molar refractivity (Wildman–Crippen MR) is 140 cm³/mol. The third kappa shape index (κ3) is 5.56. The molecule has 174 valence electrons. The molecule has 0 bridgehead atoms. The van der Waals surface area contributed by atoms with Gasteiger partial charge in [0.2, 0.25) is 0 Å². The first-order chi connectivity index (χ1) is 15.8. The van der Waals surface area contributed by atoms with Crippen LogP contribution in [-0.2, 0) is 6.54 Å². The van der Waals surface area contributed by atoms with E-state index in [0.29, 0.717) is 17.3 Å². The Labute approximate surface area is 201 Å². The summed E-state index contributed by atoms with van der Waals surface area (Å²) in [5.74, 6) is 1.55. The zero-order valence-electron chi connectivity index (χ0n) is 20.1. The molecular weight excluding hydrogens is 430 g/mol. The van der Waals surface area contributed by atoms with Crippen LogP contribution in [0.5, 0.6) is 0 Å². The number of halogens is 1. The van der Waals surface area contributed by atoms with Gasteiger partial charge >= 0.3 is 0 Å². The molecule has 3 aromatic rings. The van der Waals surface area contributed by atoms with Gasteiger partial charge in [0.15, 0.2) is 0 Å². The Kier molecular flexibility index (Phi) is 7.35. The summed E-state index contributed by atoms with van der Waals surface area (Å²) in [6.45, 7) is 11.7. The highest BCUT2D eigenvalue weighted by Crippen LogP contribution is 2.23. The highest BCUT2D eigenvalue weighted by Gasteiger charge is 2.24. The summed E-state index contributed by atoms with van der Waals surface area (Å²) in [5, 5.41) is 1.41. The van der Waals surface area contributed by atoms with Gasteiger partial charge in [0.05, 0.1) is 10.9 Å². The van der Waals surface area contributed by atoms with Crippen LogP contribution in [0.15, 0.2) is 47.3 Å². The third-order valence-corrected chi connectivity index (χ3v) is 6.84. The van der Waals surface area contributed by atoms with E-state index in [1.54, 1.807) is 0 Å². The summed E-state index contributed by atoms with van der Waals surface area (Å²) in [4.78, 5) is 21.1. The molecule has 2 heterocycles. The lowest BCUT2D eigenvalue weighted by molar-refractivity contribution is 0.129. The number of nitrogens with zero attached hydrogens (tertiary/aromatic N) is 3. The topological polar surface area (TPSA) is 38.1 Å². The van der Waals surface area contributed by atoms with Crippen molar-refractivity contribution in [1.82, 2.24) is 14.5 Å². The van der Waals surface area contributed by atoms with Gasteiger partial charge in [-0.05, 0) is 74.5 Å². The van der Waals surface area contributed by atoms with Crippen molar-refractivity contribution in [3.8, 4) is 0 Å². The molecule has 0 spiro atoms. The average Bonchev–Trinajstić information content (AvgIpc) is 2.80. The standard InChI is InChI=1S/C28H34ClN3O/c1-19(2)27-30-26-14-11-22(8-7-21-9-12-24(29)13-10-21)16-25(26)28(33)32(27)18-23-6-5-15-31(17-23)20(3)4/h7-14,16,19-20,23H,5-6,15,17-18H2,1-4H3/b8-7+/t23-/m0/s1. The van der Waals surface area contributed by atoms with Gasteiger partial charge in [-0.3, -0.25) is 9.36 Å². The number of hydrogen-bond acceptors (Lipinski definition) is 3. The maximum absolute atomic E-state index is 13.7. The van der Waals surface area contributed by atoms with E-state index in [-0.39, 0.29) is 11.5 Å². The van der Waals surface area contributed by atoms with Gasteiger partial charge < -0.3 is 4.90 Å². The van der Waals surface area contributed by atoms with Crippen molar-refractivity contribution in [2.24, 2.45) is 5.92 Å². The Balaban J connectivity index is 1.68. The van der Waals surface area contributed by atoms with E-state index in [9.17, 15) is 4.79 Å². The van der Waals surface area contributed by atoms with Crippen LogP contribution in [0.2, 0.25) is 5.02 Å². The summed E-state index contributed by atoms with van der Waals surface area (Å²) in [6, 6.07) is 14.2. The Hall–Kier alpha value is -2.43. The molecule has 0 aliphatic carbocycles. The molecule has 0 saturated carbocycles. The van der Waals surface area contributed by atoms with Gasteiger partial charge in [0.25, 0.3) is 5.56 Å². The second kappa shape index (κ2) is 10.2.